The summed E-state index contributed by atoms with van der Waals surface area (Å²) in [5, 5.41) is 6.63. The fraction of sp³-hybridized carbons (Fsp3) is 0.111. The number of rotatable bonds is 4. The number of anilines is 1. The molecule has 0 aliphatic rings. The van der Waals surface area contributed by atoms with E-state index in [-0.39, 0.29) is 10.6 Å². The zero-order valence-corrected chi connectivity index (χ0v) is 14.0. The van der Waals surface area contributed by atoms with Crippen molar-refractivity contribution in [2.24, 2.45) is 0 Å². The van der Waals surface area contributed by atoms with Crippen LogP contribution in [0, 0.1) is 18.6 Å². The highest BCUT2D eigenvalue weighted by Gasteiger charge is 2.16. The quantitative estimate of drug-likeness (QED) is 0.699. The van der Waals surface area contributed by atoms with E-state index in [1.54, 1.807) is 10.7 Å². The van der Waals surface area contributed by atoms with Gasteiger partial charge < -0.3 is 5.32 Å². The number of nitrogens with one attached hydrogen (secondary N) is 1. The molecule has 3 aromatic rings. The Kier molecular flexibility index (Phi) is 4.81. The minimum atomic E-state index is -1.14. The number of halogens is 3. The molecule has 1 aromatic heterocycles. The molecule has 0 saturated heterocycles. The van der Waals surface area contributed by atoms with Crippen molar-refractivity contribution >= 4 is 23.3 Å². The molecule has 0 bridgehead atoms. The number of aryl methyl sites for hydroxylation is 1. The largest absolute Gasteiger partial charge is 0.307 e. The van der Waals surface area contributed by atoms with Gasteiger partial charge in [0.15, 0.2) is 11.6 Å². The summed E-state index contributed by atoms with van der Waals surface area (Å²) in [6, 6.07) is 11.0. The molecule has 25 heavy (non-hydrogen) atoms. The van der Waals surface area contributed by atoms with Crippen LogP contribution < -0.4 is 5.32 Å². The third kappa shape index (κ3) is 3.85. The fourth-order valence-electron chi connectivity index (χ4n) is 2.43. The van der Waals surface area contributed by atoms with E-state index < -0.39 is 17.5 Å². The Balaban J connectivity index is 1.81. The molecule has 0 aliphatic carbocycles. The van der Waals surface area contributed by atoms with Gasteiger partial charge >= 0.3 is 0 Å². The van der Waals surface area contributed by atoms with Crippen molar-refractivity contribution in [2.75, 3.05) is 5.32 Å². The second-order valence-corrected chi connectivity index (χ2v) is 5.97. The van der Waals surface area contributed by atoms with E-state index in [9.17, 15) is 13.6 Å². The van der Waals surface area contributed by atoms with Crippen molar-refractivity contribution in [3.63, 3.8) is 0 Å². The monoisotopic (exact) mass is 361 g/mol. The van der Waals surface area contributed by atoms with Crippen LogP contribution in [0.3, 0.4) is 0 Å². The maximum Gasteiger partial charge on any atom is 0.258 e. The summed E-state index contributed by atoms with van der Waals surface area (Å²) in [6.07, 6.45) is 1.54. The molecule has 1 heterocycles. The number of aromatic nitrogens is 2. The van der Waals surface area contributed by atoms with Crippen LogP contribution in [-0.2, 0) is 6.54 Å². The molecule has 7 heteroatoms. The first kappa shape index (κ1) is 17.1. The number of hydrogen-bond acceptors (Lipinski definition) is 2. The molecule has 1 N–H and O–H groups in total. The number of benzene rings is 2. The number of carbonyl (C=O) groups is 1. The summed E-state index contributed by atoms with van der Waals surface area (Å²) >= 11 is 5.83. The Morgan fingerprint density at radius 2 is 1.96 bits per heavy atom. The van der Waals surface area contributed by atoms with Crippen molar-refractivity contribution in [3.05, 3.63) is 82.0 Å². The summed E-state index contributed by atoms with van der Waals surface area (Å²) in [5.74, 6) is -2.46. The highest BCUT2D eigenvalue weighted by Crippen LogP contribution is 2.21. The van der Waals surface area contributed by atoms with E-state index in [4.69, 9.17) is 11.6 Å². The normalized spacial score (nSPS) is 10.7. The van der Waals surface area contributed by atoms with Crippen molar-refractivity contribution < 1.29 is 13.6 Å². The van der Waals surface area contributed by atoms with Gasteiger partial charge in [-0.2, -0.15) is 5.10 Å². The minimum absolute atomic E-state index is 0.149. The van der Waals surface area contributed by atoms with Crippen LogP contribution in [0.1, 0.15) is 21.5 Å². The first-order valence-electron chi connectivity index (χ1n) is 7.47. The van der Waals surface area contributed by atoms with Crippen molar-refractivity contribution in [1.29, 1.82) is 0 Å². The second-order valence-electron chi connectivity index (χ2n) is 5.56. The van der Waals surface area contributed by atoms with Gasteiger partial charge in [-0.05, 0) is 24.6 Å². The van der Waals surface area contributed by atoms with Crippen molar-refractivity contribution in [1.82, 2.24) is 9.78 Å². The molecule has 4 nitrogen and oxygen atoms in total. The summed E-state index contributed by atoms with van der Waals surface area (Å²) < 4.78 is 28.1. The summed E-state index contributed by atoms with van der Waals surface area (Å²) in [4.78, 5) is 12.3. The van der Waals surface area contributed by atoms with E-state index in [0.29, 0.717) is 12.4 Å². The summed E-state index contributed by atoms with van der Waals surface area (Å²) in [6.45, 7) is 2.44. The van der Waals surface area contributed by atoms with Crippen LogP contribution in [0.2, 0.25) is 5.02 Å². The second kappa shape index (κ2) is 7.03. The zero-order chi connectivity index (χ0) is 18.0. The molecular formula is C18H14ClF2N3O. The average molecular weight is 362 g/mol. The first-order valence-corrected chi connectivity index (χ1v) is 7.85. The van der Waals surface area contributed by atoms with Gasteiger partial charge in [0, 0.05) is 6.07 Å². The van der Waals surface area contributed by atoms with Gasteiger partial charge in [0.05, 0.1) is 23.3 Å². The van der Waals surface area contributed by atoms with Crippen LogP contribution in [0.4, 0.5) is 14.6 Å². The molecule has 0 radical (unpaired) electrons. The maximum atomic E-state index is 13.4. The smallest absolute Gasteiger partial charge is 0.258 e. The third-order valence-electron chi connectivity index (χ3n) is 3.63. The predicted molar refractivity (Wildman–Crippen MR) is 91.8 cm³/mol. The SMILES string of the molecule is Cc1cccc(Cn2nccc2NC(=O)c2cc(F)c(F)cc2Cl)c1. The van der Waals surface area contributed by atoms with Crippen LogP contribution in [0.25, 0.3) is 0 Å². The lowest BCUT2D eigenvalue weighted by Crippen LogP contribution is -2.17. The van der Waals surface area contributed by atoms with Crippen LogP contribution >= 0.6 is 11.6 Å². The lowest BCUT2D eigenvalue weighted by Gasteiger charge is -2.10. The van der Waals surface area contributed by atoms with E-state index in [1.807, 2.05) is 31.2 Å². The lowest BCUT2D eigenvalue weighted by atomic mass is 10.1. The average Bonchev–Trinajstić information content (AvgIpc) is 2.97. The van der Waals surface area contributed by atoms with Gasteiger partial charge in [0.2, 0.25) is 0 Å². The molecule has 0 aliphatic heterocycles. The highest BCUT2D eigenvalue weighted by molar-refractivity contribution is 6.34. The van der Waals surface area contributed by atoms with Gasteiger partial charge in [-0.1, -0.05) is 41.4 Å². The molecule has 0 saturated carbocycles. The minimum Gasteiger partial charge on any atom is -0.307 e. The third-order valence-corrected chi connectivity index (χ3v) is 3.94. The van der Waals surface area contributed by atoms with E-state index in [0.717, 1.165) is 23.3 Å². The Labute approximate surface area is 148 Å². The van der Waals surface area contributed by atoms with E-state index >= 15 is 0 Å². The van der Waals surface area contributed by atoms with Gasteiger partial charge in [0.25, 0.3) is 5.91 Å². The van der Waals surface area contributed by atoms with Crippen LogP contribution in [-0.4, -0.2) is 15.7 Å². The zero-order valence-electron chi connectivity index (χ0n) is 13.3. The van der Waals surface area contributed by atoms with Crippen molar-refractivity contribution in [2.45, 2.75) is 13.5 Å². The molecule has 3 rings (SSSR count). The van der Waals surface area contributed by atoms with Crippen molar-refractivity contribution in [3.8, 4) is 0 Å². The molecule has 2 aromatic carbocycles. The molecule has 0 atom stereocenters. The molecule has 0 spiro atoms. The number of hydrogen-bond donors (Lipinski definition) is 1. The highest BCUT2D eigenvalue weighted by atomic mass is 35.5. The van der Waals surface area contributed by atoms with E-state index in [2.05, 4.69) is 10.4 Å². The topological polar surface area (TPSA) is 46.9 Å². The molecule has 0 unspecified atom stereocenters. The fourth-order valence-corrected chi connectivity index (χ4v) is 2.66. The number of nitrogens with zero attached hydrogens (tertiary/aromatic N) is 2. The van der Waals surface area contributed by atoms with Crippen LogP contribution in [0.15, 0.2) is 48.7 Å². The summed E-state index contributed by atoms with van der Waals surface area (Å²) in [7, 11) is 0. The van der Waals surface area contributed by atoms with Gasteiger partial charge in [0.1, 0.15) is 5.82 Å². The van der Waals surface area contributed by atoms with Gasteiger partial charge in [-0.3, -0.25) is 4.79 Å². The molecule has 128 valence electrons. The maximum absolute atomic E-state index is 13.4. The standard InChI is InChI=1S/C18H14ClF2N3O/c1-11-3-2-4-12(7-11)10-24-17(5-6-22-24)23-18(25)13-8-15(20)16(21)9-14(13)19/h2-9H,10H2,1H3,(H,23,25). The Bertz CT molecular complexity index is 940. The Morgan fingerprint density at radius 1 is 1.20 bits per heavy atom. The van der Waals surface area contributed by atoms with Crippen LogP contribution in [0.5, 0.6) is 0 Å². The van der Waals surface area contributed by atoms with Gasteiger partial charge in [-0.25, -0.2) is 13.5 Å². The predicted octanol–water partition coefficient (Wildman–Crippen LogP) is 4.42. The lowest BCUT2D eigenvalue weighted by molar-refractivity contribution is 0.102. The Hall–Kier alpha value is -2.73. The molecule has 1 amide bonds. The molecular weight excluding hydrogens is 348 g/mol. The first-order chi connectivity index (χ1) is 11.9. The Morgan fingerprint density at radius 3 is 2.72 bits per heavy atom. The number of amides is 1. The summed E-state index contributed by atoms with van der Waals surface area (Å²) in [5.41, 5.74) is 1.98. The number of carbonyl (C=O) groups excluding carboxylic acids is 1. The molecule has 0 fully saturated rings. The van der Waals surface area contributed by atoms with E-state index in [1.165, 1.54) is 6.20 Å². The van der Waals surface area contributed by atoms with Gasteiger partial charge in [-0.15, -0.1) is 0 Å².